The van der Waals surface area contributed by atoms with Gasteiger partial charge in [-0.15, -0.1) is 11.3 Å². The van der Waals surface area contributed by atoms with E-state index >= 15 is 0 Å². The highest BCUT2D eigenvalue weighted by molar-refractivity contribution is 7.16. The molecule has 0 bridgehead atoms. The van der Waals surface area contributed by atoms with Gasteiger partial charge < -0.3 is 4.74 Å². The van der Waals surface area contributed by atoms with Crippen molar-refractivity contribution < 1.29 is 14.3 Å². The van der Waals surface area contributed by atoms with E-state index in [1.54, 1.807) is 19.1 Å². The van der Waals surface area contributed by atoms with E-state index in [1.807, 2.05) is 19.9 Å². The number of aldehydes is 2. The lowest BCUT2D eigenvalue weighted by atomic mass is 10.1. The highest BCUT2D eigenvalue weighted by Gasteiger charge is 2.12. The van der Waals surface area contributed by atoms with Gasteiger partial charge in [0.15, 0.2) is 12.6 Å². The Bertz CT molecular complexity index is 662. The molecule has 110 valence electrons. The molecule has 0 radical (unpaired) electrons. The SMILES string of the molecule is Cc1nc(-c2ccc(OCC(C)C)c(C=O)c2)sc1C=O. The summed E-state index contributed by atoms with van der Waals surface area (Å²) in [6.45, 7) is 6.46. The van der Waals surface area contributed by atoms with Crippen LogP contribution in [0.5, 0.6) is 5.75 Å². The largest absolute Gasteiger partial charge is 0.493 e. The molecular formula is C16H17NO3S. The van der Waals surface area contributed by atoms with E-state index in [4.69, 9.17) is 4.74 Å². The van der Waals surface area contributed by atoms with Crippen LogP contribution in [0.3, 0.4) is 0 Å². The summed E-state index contributed by atoms with van der Waals surface area (Å²) in [5.41, 5.74) is 2.02. The van der Waals surface area contributed by atoms with Crippen molar-refractivity contribution in [1.29, 1.82) is 0 Å². The van der Waals surface area contributed by atoms with Gasteiger partial charge in [-0.05, 0) is 31.0 Å². The Hall–Kier alpha value is -2.01. The molecule has 0 saturated heterocycles. The third kappa shape index (κ3) is 3.55. The van der Waals surface area contributed by atoms with Crippen molar-refractivity contribution in [3.05, 3.63) is 34.3 Å². The number of carbonyl (C=O) groups is 2. The number of carbonyl (C=O) groups excluding carboxylic acids is 2. The summed E-state index contributed by atoms with van der Waals surface area (Å²) in [6.07, 6.45) is 1.58. The molecule has 0 N–H and O–H groups in total. The minimum Gasteiger partial charge on any atom is -0.493 e. The Morgan fingerprint density at radius 1 is 1.29 bits per heavy atom. The normalized spacial score (nSPS) is 10.7. The number of benzene rings is 1. The Morgan fingerprint density at radius 2 is 2.05 bits per heavy atom. The van der Waals surface area contributed by atoms with Crippen LogP contribution < -0.4 is 4.74 Å². The molecule has 0 aliphatic heterocycles. The zero-order valence-electron chi connectivity index (χ0n) is 12.3. The summed E-state index contributed by atoms with van der Waals surface area (Å²) >= 11 is 1.32. The van der Waals surface area contributed by atoms with Gasteiger partial charge in [-0.3, -0.25) is 9.59 Å². The highest BCUT2D eigenvalue weighted by atomic mass is 32.1. The molecule has 0 fully saturated rings. The first-order chi connectivity index (χ1) is 10.0. The monoisotopic (exact) mass is 303 g/mol. The fraction of sp³-hybridized carbons (Fsp3) is 0.312. The van der Waals surface area contributed by atoms with Crippen LogP contribution in [0.15, 0.2) is 18.2 Å². The van der Waals surface area contributed by atoms with Gasteiger partial charge in [0, 0.05) is 5.56 Å². The van der Waals surface area contributed by atoms with Crippen LogP contribution in [0.2, 0.25) is 0 Å². The van der Waals surface area contributed by atoms with Gasteiger partial charge in [0.1, 0.15) is 10.8 Å². The quantitative estimate of drug-likeness (QED) is 0.762. The number of aromatic nitrogens is 1. The molecule has 5 heteroatoms. The van der Waals surface area contributed by atoms with Crippen molar-refractivity contribution in [3.63, 3.8) is 0 Å². The second-order valence-electron chi connectivity index (χ2n) is 5.16. The number of ether oxygens (including phenoxy) is 1. The third-order valence-electron chi connectivity index (χ3n) is 2.90. The van der Waals surface area contributed by atoms with Crippen LogP contribution >= 0.6 is 11.3 Å². The summed E-state index contributed by atoms with van der Waals surface area (Å²) in [7, 11) is 0. The van der Waals surface area contributed by atoms with Crippen molar-refractivity contribution in [3.8, 4) is 16.3 Å². The number of nitrogens with zero attached hydrogens (tertiary/aromatic N) is 1. The van der Waals surface area contributed by atoms with Gasteiger partial charge in [-0.25, -0.2) is 4.98 Å². The molecule has 0 saturated carbocycles. The van der Waals surface area contributed by atoms with E-state index in [-0.39, 0.29) is 0 Å². The van der Waals surface area contributed by atoms with E-state index in [0.717, 1.165) is 23.1 Å². The van der Waals surface area contributed by atoms with Gasteiger partial charge >= 0.3 is 0 Å². The first kappa shape index (κ1) is 15.4. The maximum atomic E-state index is 11.2. The molecule has 4 nitrogen and oxygen atoms in total. The molecule has 1 aromatic heterocycles. The number of rotatable bonds is 6. The number of hydrogen-bond acceptors (Lipinski definition) is 5. The molecule has 0 atom stereocenters. The average Bonchev–Trinajstić information content (AvgIpc) is 2.86. The molecule has 0 aliphatic rings. The molecule has 0 aliphatic carbocycles. The standard InChI is InChI=1S/C16H17NO3S/c1-10(2)9-20-14-5-4-12(6-13(14)7-18)16-17-11(3)15(8-19)21-16/h4-8,10H,9H2,1-3H3. The summed E-state index contributed by atoms with van der Waals surface area (Å²) < 4.78 is 5.63. The van der Waals surface area contributed by atoms with Crippen molar-refractivity contribution in [2.24, 2.45) is 5.92 Å². The van der Waals surface area contributed by atoms with Crippen molar-refractivity contribution in [1.82, 2.24) is 4.98 Å². The molecule has 1 aromatic carbocycles. The van der Waals surface area contributed by atoms with Crippen molar-refractivity contribution in [2.75, 3.05) is 6.61 Å². The van der Waals surface area contributed by atoms with Crippen LogP contribution in [0.25, 0.3) is 10.6 Å². The van der Waals surface area contributed by atoms with Crippen LogP contribution in [0.1, 0.15) is 39.6 Å². The second-order valence-corrected chi connectivity index (χ2v) is 6.19. The minimum absolute atomic E-state index is 0.390. The lowest BCUT2D eigenvalue weighted by Crippen LogP contribution is -2.06. The predicted octanol–water partition coefficient (Wildman–Crippen LogP) is 3.78. The van der Waals surface area contributed by atoms with E-state index in [1.165, 1.54) is 11.3 Å². The molecule has 1 heterocycles. The van der Waals surface area contributed by atoms with Crippen molar-refractivity contribution in [2.45, 2.75) is 20.8 Å². The number of aryl methyl sites for hydroxylation is 1. The van der Waals surface area contributed by atoms with Crippen LogP contribution in [-0.4, -0.2) is 24.2 Å². The zero-order valence-corrected chi connectivity index (χ0v) is 13.1. The van der Waals surface area contributed by atoms with Gasteiger partial charge in [0.2, 0.25) is 0 Å². The third-order valence-corrected chi connectivity index (χ3v) is 4.03. The fourth-order valence-electron chi connectivity index (χ4n) is 1.80. The smallest absolute Gasteiger partial charge is 0.161 e. The Kier molecular flexibility index (Phi) is 4.85. The maximum absolute atomic E-state index is 11.2. The summed E-state index contributed by atoms with van der Waals surface area (Å²) in [6, 6.07) is 5.38. The second kappa shape index (κ2) is 6.63. The fourth-order valence-corrected chi connectivity index (χ4v) is 2.68. The topological polar surface area (TPSA) is 56.3 Å². The number of thiazole rings is 1. The Balaban J connectivity index is 2.33. The average molecular weight is 303 g/mol. The molecule has 0 unspecified atom stereocenters. The van der Waals surface area contributed by atoms with Crippen LogP contribution in [-0.2, 0) is 0 Å². The molecule has 21 heavy (non-hydrogen) atoms. The maximum Gasteiger partial charge on any atom is 0.161 e. The van der Waals surface area contributed by atoms with Gasteiger partial charge in [0.05, 0.1) is 22.7 Å². The van der Waals surface area contributed by atoms with E-state index in [2.05, 4.69) is 4.98 Å². The lowest BCUT2D eigenvalue weighted by molar-refractivity contribution is 0.111. The number of hydrogen-bond donors (Lipinski definition) is 0. The first-order valence-electron chi connectivity index (χ1n) is 6.70. The van der Waals surface area contributed by atoms with Crippen LogP contribution in [0.4, 0.5) is 0 Å². The van der Waals surface area contributed by atoms with Gasteiger partial charge in [-0.2, -0.15) is 0 Å². The Labute approximate surface area is 127 Å². The highest BCUT2D eigenvalue weighted by Crippen LogP contribution is 2.30. The zero-order chi connectivity index (χ0) is 15.4. The Morgan fingerprint density at radius 3 is 2.62 bits per heavy atom. The van der Waals surface area contributed by atoms with E-state index in [0.29, 0.717) is 34.4 Å². The predicted molar refractivity (Wildman–Crippen MR) is 83.4 cm³/mol. The summed E-state index contributed by atoms with van der Waals surface area (Å²) in [5, 5.41) is 0.730. The molecule has 0 amide bonds. The lowest BCUT2D eigenvalue weighted by Gasteiger charge is -2.11. The minimum atomic E-state index is 0.390. The molecule has 2 rings (SSSR count). The molecule has 2 aromatic rings. The molecular weight excluding hydrogens is 286 g/mol. The van der Waals surface area contributed by atoms with Gasteiger partial charge in [-0.1, -0.05) is 13.8 Å². The summed E-state index contributed by atoms with van der Waals surface area (Å²) in [5.74, 6) is 0.965. The summed E-state index contributed by atoms with van der Waals surface area (Å²) in [4.78, 5) is 27.1. The first-order valence-corrected chi connectivity index (χ1v) is 7.51. The van der Waals surface area contributed by atoms with Gasteiger partial charge in [0.25, 0.3) is 0 Å². The van der Waals surface area contributed by atoms with E-state index < -0.39 is 0 Å². The molecule has 0 spiro atoms. The van der Waals surface area contributed by atoms with E-state index in [9.17, 15) is 9.59 Å². The van der Waals surface area contributed by atoms with Crippen molar-refractivity contribution >= 4 is 23.9 Å². The van der Waals surface area contributed by atoms with Crippen LogP contribution in [0, 0.1) is 12.8 Å².